The highest BCUT2D eigenvalue weighted by molar-refractivity contribution is 7.92. The summed E-state index contributed by atoms with van der Waals surface area (Å²) in [7, 11) is -3.51. The Hall–Kier alpha value is -2.58. The number of aryl methyl sites for hydroxylation is 1. The zero-order valence-corrected chi connectivity index (χ0v) is 21.8. The van der Waals surface area contributed by atoms with Crippen LogP contribution in [0.15, 0.2) is 48.5 Å². The van der Waals surface area contributed by atoms with Crippen molar-refractivity contribution in [3.63, 3.8) is 0 Å². The summed E-state index contributed by atoms with van der Waals surface area (Å²) >= 11 is 5.98. The van der Waals surface area contributed by atoms with E-state index in [0.717, 1.165) is 23.8 Å². The van der Waals surface area contributed by atoms with Crippen LogP contribution < -0.4 is 9.62 Å². The number of nitrogens with one attached hydrogen (secondary N) is 1. The van der Waals surface area contributed by atoms with E-state index in [1.54, 1.807) is 31.2 Å². The highest BCUT2D eigenvalue weighted by atomic mass is 35.5. The second-order valence-corrected chi connectivity index (χ2v) is 10.7. The molecule has 0 aliphatic rings. The van der Waals surface area contributed by atoms with Crippen molar-refractivity contribution in [3.05, 3.63) is 64.7 Å². The Morgan fingerprint density at radius 2 is 1.68 bits per heavy atom. The first-order valence-electron chi connectivity index (χ1n) is 11.4. The summed E-state index contributed by atoms with van der Waals surface area (Å²) in [5.74, 6) is -0.437. The molecule has 0 fully saturated rings. The van der Waals surface area contributed by atoms with Crippen LogP contribution in [0.25, 0.3) is 0 Å². The molecule has 2 amide bonds. The van der Waals surface area contributed by atoms with Gasteiger partial charge in [0.05, 0.1) is 11.9 Å². The molecule has 1 N–H and O–H groups in total. The van der Waals surface area contributed by atoms with Crippen molar-refractivity contribution in [1.82, 2.24) is 10.2 Å². The number of amides is 2. The first kappa shape index (κ1) is 27.7. The molecule has 0 aliphatic heterocycles. The van der Waals surface area contributed by atoms with Gasteiger partial charge in [0.2, 0.25) is 21.8 Å². The Labute approximate surface area is 208 Å². The Bertz CT molecular complexity index is 1060. The van der Waals surface area contributed by atoms with Gasteiger partial charge in [-0.1, -0.05) is 48.4 Å². The number of hydrogen-bond donors (Lipinski definition) is 1. The van der Waals surface area contributed by atoms with E-state index in [0.29, 0.717) is 23.7 Å². The van der Waals surface area contributed by atoms with Crippen LogP contribution in [0.4, 0.5) is 5.69 Å². The van der Waals surface area contributed by atoms with Gasteiger partial charge in [-0.15, -0.1) is 0 Å². The second-order valence-electron chi connectivity index (χ2n) is 8.39. The zero-order chi connectivity index (χ0) is 25.3. The van der Waals surface area contributed by atoms with Crippen molar-refractivity contribution in [2.24, 2.45) is 0 Å². The van der Waals surface area contributed by atoms with E-state index in [1.165, 1.54) is 9.21 Å². The quantitative estimate of drug-likeness (QED) is 0.467. The Balaban J connectivity index is 2.13. The molecule has 186 valence electrons. The molecule has 0 bridgehead atoms. The third-order valence-electron chi connectivity index (χ3n) is 5.46. The molecular formula is C25H34ClN3O4S. The van der Waals surface area contributed by atoms with Gasteiger partial charge in [0, 0.05) is 31.1 Å². The fourth-order valence-corrected chi connectivity index (χ4v) is 4.57. The minimum Gasteiger partial charge on any atom is -0.354 e. The average Bonchev–Trinajstić information content (AvgIpc) is 2.79. The van der Waals surface area contributed by atoms with Gasteiger partial charge in [0.25, 0.3) is 0 Å². The number of benzene rings is 2. The Morgan fingerprint density at radius 3 is 2.24 bits per heavy atom. The number of carbonyl (C=O) groups is 2. The van der Waals surface area contributed by atoms with Crippen LogP contribution in [-0.4, -0.2) is 50.5 Å². The van der Waals surface area contributed by atoms with Crippen molar-refractivity contribution in [1.29, 1.82) is 0 Å². The van der Waals surface area contributed by atoms with E-state index < -0.39 is 16.1 Å². The van der Waals surface area contributed by atoms with Crippen LogP contribution in [-0.2, 0) is 26.2 Å². The Kier molecular flexibility index (Phi) is 10.4. The fraction of sp³-hybridized carbons (Fsp3) is 0.440. The van der Waals surface area contributed by atoms with Crippen LogP contribution in [0.3, 0.4) is 0 Å². The summed E-state index contributed by atoms with van der Waals surface area (Å²) in [6.07, 6.45) is 2.38. The first-order chi connectivity index (χ1) is 16.0. The number of halogens is 1. The lowest BCUT2D eigenvalue weighted by Crippen LogP contribution is -2.47. The highest BCUT2D eigenvalue weighted by Gasteiger charge is 2.26. The summed E-state index contributed by atoms with van der Waals surface area (Å²) in [4.78, 5) is 27.3. The number of nitrogens with zero attached hydrogens (tertiary/aromatic N) is 2. The Morgan fingerprint density at radius 1 is 1.06 bits per heavy atom. The smallest absolute Gasteiger partial charge is 0.242 e. The van der Waals surface area contributed by atoms with E-state index in [2.05, 4.69) is 5.32 Å². The van der Waals surface area contributed by atoms with Gasteiger partial charge in [-0.25, -0.2) is 8.42 Å². The third kappa shape index (κ3) is 8.33. The van der Waals surface area contributed by atoms with Crippen molar-refractivity contribution in [2.45, 2.75) is 52.6 Å². The highest BCUT2D eigenvalue weighted by Crippen LogP contribution is 2.20. The summed E-state index contributed by atoms with van der Waals surface area (Å²) in [6, 6.07) is 13.7. The third-order valence-corrected chi connectivity index (χ3v) is 6.90. The van der Waals surface area contributed by atoms with E-state index in [9.17, 15) is 18.0 Å². The molecule has 1 atom stereocenters. The lowest BCUT2D eigenvalue weighted by Gasteiger charge is -2.29. The number of rotatable bonds is 12. The molecule has 9 heteroatoms. The minimum absolute atomic E-state index is 0.108. The topological polar surface area (TPSA) is 86.8 Å². The van der Waals surface area contributed by atoms with Crippen LogP contribution in [0.5, 0.6) is 0 Å². The van der Waals surface area contributed by atoms with Crippen molar-refractivity contribution < 1.29 is 18.0 Å². The molecule has 0 aliphatic carbocycles. The van der Waals surface area contributed by atoms with Crippen LogP contribution in [0, 0.1) is 6.92 Å². The maximum Gasteiger partial charge on any atom is 0.242 e. The lowest BCUT2D eigenvalue weighted by molar-refractivity contribution is -0.140. The van der Waals surface area contributed by atoms with Crippen molar-refractivity contribution in [2.75, 3.05) is 23.7 Å². The molecule has 2 rings (SSSR count). The van der Waals surface area contributed by atoms with Gasteiger partial charge in [0.1, 0.15) is 6.04 Å². The van der Waals surface area contributed by atoms with Gasteiger partial charge in [-0.2, -0.15) is 0 Å². The standard InChI is InChI=1S/C25H34ClN3O4S/c1-5-16-27-25(31)20(3)28(18-21-10-12-22(26)13-11-21)24(30)7-6-17-29(34(4,32)33)23-14-8-19(2)9-15-23/h8-15,20H,5-7,16-18H2,1-4H3,(H,27,31)/t20-/m1/s1. The molecule has 0 heterocycles. The molecule has 34 heavy (non-hydrogen) atoms. The van der Waals surface area contributed by atoms with Gasteiger partial charge < -0.3 is 10.2 Å². The summed E-state index contributed by atoms with van der Waals surface area (Å²) in [6.45, 7) is 6.55. The van der Waals surface area contributed by atoms with Gasteiger partial charge in [-0.3, -0.25) is 13.9 Å². The van der Waals surface area contributed by atoms with E-state index in [4.69, 9.17) is 11.6 Å². The largest absolute Gasteiger partial charge is 0.354 e. The molecule has 0 saturated heterocycles. The maximum atomic E-state index is 13.2. The predicted octanol–water partition coefficient (Wildman–Crippen LogP) is 4.14. The maximum absolute atomic E-state index is 13.2. The molecule has 0 spiro atoms. The SMILES string of the molecule is CCCNC(=O)[C@@H](C)N(Cc1ccc(Cl)cc1)C(=O)CCCN(c1ccc(C)cc1)S(C)(=O)=O. The molecule has 0 unspecified atom stereocenters. The molecule has 2 aromatic rings. The average molecular weight is 508 g/mol. The van der Waals surface area contributed by atoms with Gasteiger partial charge >= 0.3 is 0 Å². The van der Waals surface area contributed by atoms with Crippen LogP contribution in [0.2, 0.25) is 5.02 Å². The van der Waals surface area contributed by atoms with Gasteiger partial charge in [0.15, 0.2) is 0 Å². The first-order valence-corrected chi connectivity index (χ1v) is 13.6. The molecule has 2 aromatic carbocycles. The molecular weight excluding hydrogens is 474 g/mol. The molecule has 0 radical (unpaired) electrons. The van der Waals surface area contributed by atoms with E-state index in [1.807, 2.05) is 38.1 Å². The van der Waals surface area contributed by atoms with Crippen molar-refractivity contribution >= 4 is 39.1 Å². The summed E-state index contributed by atoms with van der Waals surface area (Å²) < 4.78 is 26.0. The van der Waals surface area contributed by atoms with Crippen LogP contribution >= 0.6 is 11.6 Å². The number of carbonyl (C=O) groups excluding carboxylic acids is 2. The van der Waals surface area contributed by atoms with Crippen LogP contribution in [0.1, 0.15) is 44.2 Å². The monoisotopic (exact) mass is 507 g/mol. The zero-order valence-electron chi connectivity index (χ0n) is 20.3. The van der Waals surface area contributed by atoms with E-state index >= 15 is 0 Å². The predicted molar refractivity (Wildman–Crippen MR) is 137 cm³/mol. The fourth-order valence-electron chi connectivity index (χ4n) is 3.48. The molecule has 0 saturated carbocycles. The lowest BCUT2D eigenvalue weighted by atomic mass is 10.1. The van der Waals surface area contributed by atoms with E-state index in [-0.39, 0.29) is 31.3 Å². The minimum atomic E-state index is -3.51. The summed E-state index contributed by atoms with van der Waals surface area (Å²) in [5, 5.41) is 3.43. The van der Waals surface area contributed by atoms with Crippen molar-refractivity contribution in [3.8, 4) is 0 Å². The molecule has 0 aromatic heterocycles. The summed E-state index contributed by atoms with van der Waals surface area (Å²) in [5.41, 5.74) is 2.44. The number of anilines is 1. The molecule has 7 nitrogen and oxygen atoms in total. The number of hydrogen-bond acceptors (Lipinski definition) is 4. The normalized spacial score (nSPS) is 12.1. The second kappa shape index (κ2) is 12.8. The number of sulfonamides is 1. The van der Waals surface area contributed by atoms with Gasteiger partial charge in [-0.05, 0) is 56.5 Å².